The average molecular weight is 281 g/mol. The summed E-state index contributed by atoms with van der Waals surface area (Å²) in [6.07, 6.45) is 0. The van der Waals surface area contributed by atoms with E-state index in [2.05, 4.69) is 5.32 Å². The van der Waals surface area contributed by atoms with Gasteiger partial charge >= 0.3 is 5.97 Å². The number of benzene rings is 1. The van der Waals surface area contributed by atoms with Crippen LogP contribution in [0.1, 0.15) is 17.3 Å². The van der Waals surface area contributed by atoms with E-state index in [1.165, 1.54) is 0 Å². The summed E-state index contributed by atoms with van der Waals surface area (Å²) in [6.45, 7) is 2.66. The predicted molar refractivity (Wildman–Crippen MR) is 75.3 cm³/mol. The lowest BCUT2D eigenvalue weighted by Crippen LogP contribution is -2.20. The molecule has 1 rings (SSSR count). The summed E-state index contributed by atoms with van der Waals surface area (Å²) in [6, 6.07) is 4.84. The maximum absolute atomic E-state index is 11.6. The van der Waals surface area contributed by atoms with Crippen molar-refractivity contribution in [2.45, 2.75) is 6.92 Å². The van der Waals surface area contributed by atoms with Crippen molar-refractivity contribution in [3.8, 4) is 0 Å². The number of carbonyl (C=O) groups is 2. The Labute approximate surface area is 117 Å². The van der Waals surface area contributed by atoms with E-state index < -0.39 is 11.9 Å². The first-order chi connectivity index (χ1) is 9.54. The molecule has 0 bridgehead atoms. The lowest BCUT2D eigenvalue weighted by Gasteiger charge is -2.11. The van der Waals surface area contributed by atoms with Crippen LogP contribution in [0.2, 0.25) is 0 Å². The van der Waals surface area contributed by atoms with E-state index >= 15 is 0 Å². The highest BCUT2D eigenvalue weighted by Gasteiger charge is 2.09. The van der Waals surface area contributed by atoms with Crippen LogP contribution in [-0.4, -0.2) is 38.2 Å². The zero-order valence-electron chi connectivity index (χ0n) is 11.3. The smallest absolute Gasteiger partial charge is 0.338 e. The minimum absolute atomic E-state index is 0.125. The van der Waals surface area contributed by atoms with Gasteiger partial charge in [-0.3, -0.25) is 4.79 Å². The number of nitrogens with one attached hydrogen (secondary N) is 1. The largest absolute Gasteiger partial charge is 0.462 e. The van der Waals surface area contributed by atoms with Gasteiger partial charge in [0.15, 0.2) is 0 Å². The number of carbonyl (C=O) groups excluding carboxylic acids is 2. The van der Waals surface area contributed by atoms with Crippen LogP contribution in [0.5, 0.6) is 0 Å². The first kappa shape index (κ1) is 15.8. The molecule has 1 aromatic carbocycles. The molecule has 0 radical (unpaired) electrons. The monoisotopic (exact) mass is 281 g/mol. The van der Waals surface area contributed by atoms with Gasteiger partial charge in [0.2, 0.25) is 5.91 Å². The Morgan fingerprint density at radius 1 is 1.35 bits per heavy atom. The third-order valence-electron chi connectivity index (χ3n) is 2.37. The van der Waals surface area contributed by atoms with Crippen LogP contribution in [0.25, 0.3) is 0 Å². The van der Waals surface area contributed by atoms with Crippen molar-refractivity contribution < 1.29 is 19.1 Å². The Bertz CT molecular complexity index is 477. The zero-order valence-corrected chi connectivity index (χ0v) is 11.3. The lowest BCUT2D eigenvalue weighted by atomic mass is 10.1. The van der Waals surface area contributed by atoms with Crippen LogP contribution in [0.15, 0.2) is 18.2 Å². The molecule has 0 heterocycles. The number of rotatable bonds is 8. The van der Waals surface area contributed by atoms with Crippen molar-refractivity contribution in [3.05, 3.63) is 23.8 Å². The number of nitrogen functional groups attached to an aromatic ring is 1. The highest BCUT2D eigenvalue weighted by molar-refractivity contribution is 5.92. The Balaban J connectivity index is 2.54. The van der Waals surface area contributed by atoms with Gasteiger partial charge in [-0.05, 0) is 25.1 Å². The van der Waals surface area contributed by atoms with Gasteiger partial charge in [0.05, 0.1) is 30.2 Å². The summed E-state index contributed by atoms with van der Waals surface area (Å²) in [5, 5.41) is 3.01. The molecule has 0 aliphatic carbocycles. The quantitative estimate of drug-likeness (QED) is 0.360. The van der Waals surface area contributed by atoms with Gasteiger partial charge in [-0.15, -0.1) is 0 Å². The number of amides is 1. The van der Waals surface area contributed by atoms with Gasteiger partial charge in [-0.2, -0.15) is 0 Å². The molecule has 0 unspecified atom stereocenters. The van der Waals surface area contributed by atoms with E-state index in [-0.39, 0.29) is 6.61 Å². The summed E-state index contributed by atoms with van der Waals surface area (Å²) < 4.78 is 9.91. The zero-order chi connectivity index (χ0) is 15.0. The third kappa shape index (κ3) is 5.15. The van der Waals surface area contributed by atoms with Crippen LogP contribution >= 0.6 is 0 Å². The summed E-state index contributed by atoms with van der Waals surface area (Å²) in [4.78, 5) is 22.1. The first-order valence-electron chi connectivity index (χ1n) is 6.21. The van der Waals surface area contributed by atoms with E-state index in [1.54, 1.807) is 25.1 Å². The molecule has 0 fully saturated rings. The molecule has 0 spiro atoms. The van der Waals surface area contributed by atoms with Crippen LogP contribution < -0.4 is 16.8 Å². The Morgan fingerprint density at radius 3 is 2.75 bits per heavy atom. The molecule has 0 saturated heterocycles. The van der Waals surface area contributed by atoms with Gasteiger partial charge in [0.25, 0.3) is 0 Å². The average Bonchev–Trinajstić information content (AvgIpc) is 2.40. The SMILES string of the molecule is CCOC(=O)c1ccc(N)c(NCCOCC(N)=O)c1. The molecule has 110 valence electrons. The molecule has 0 aliphatic heterocycles. The van der Waals surface area contributed by atoms with Crippen LogP contribution in [0.4, 0.5) is 11.4 Å². The fraction of sp³-hybridized carbons (Fsp3) is 0.385. The molecule has 7 nitrogen and oxygen atoms in total. The normalized spacial score (nSPS) is 10.1. The van der Waals surface area contributed by atoms with E-state index in [0.29, 0.717) is 36.7 Å². The summed E-state index contributed by atoms with van der Waals surface area (Å²) in [5.41, 5.74) is 12.3. The van der Waals surface area contributed by atoms with Crippen molar-refractivity contribution in [1.29, 1.82) is 0 Å². The molecule has 0 atom stereocenters. The van der Waals surface area contributed by atoms with Crippen molar-refractivity contribution in [2.75, 3.05) is 37.4 Å². The second kappa shape index (κ2) is 8.00. The fourth-order valence-electron chi connectivity index (χ4n) is 1.48. The number of ether oxygens (including phenoxy) is 2. The standard InChI is InChI=1S/C13H19N3O4/c1-2-20-13(18)9-3-4-10(14)11(7-9)16-5-6-19-8-12(15)17/h3-4,7,16H,2,5-6,8,14H2,1H3,(H2,15,17). The van der Waals surface area contributed by atoms with Gasteiger partial charge in [0, 0.05) is 6.54 Å². The predicted octanol–water partition coefficient (Wildman–Crippen LogP) is 0.359. The molecule has 20 heavy (non-hydrogen) atoms. The Hall–Kier alpha value is -2.28. The van der Waals surface area contributed by atoms with E-state index in [4.69, 9.17) is 20.9 Å². The van der Waals surface area contributed by atoms with Crippen LogP contribution in [0.3, 0.4) is 0 Å². The van der Waals surface area contributed by atoms with Crippen molar-refractivity contribution in [1.82, 2.24) is 0 Å². The number of nitrogens with two attached hydrogens (primary N) is 2. The molecular formula is C13H19N3O4. The second-order valence-corrected chi connectivity index (χ2v) is 3.97. The summed E-state index contributed by atoms with van der Waals surface area (Å²) >= 11 is 0. The minimum atomic E-state index is -0.520. The number of hydrogen-bond donors (Lipinski definition) is 3. The van der Waals surface area contributed by atoms with Gasteiger partial charge in [-0.1, -0.05) is 0 Å². The maximum atomic E-state index is 11.6. The lowest BCUT2D eigenvalue weighted by molar-refractivity contribution is -0.122. The topological polar surface area (TPSA) is 117 Å². The van der Waals surface area contributed by atoms with E-state index in [0.717, 1.165) is 0 Å². The molecule has 0 saturated carbocycles. The third-order valence-corrected chi connectivity index (χ3v) is 2.37. The highest BCUT2D eigenvalue weighted by Crippen LogP contribution is 2.20. The molecule has 0 aromatic heterocycles. The van der Waals surface area contributed by atoms with E-state index in [1.807, 2.05) is 0 Å². The fourth-order valence-corrected chi connectivity index (χ4v) is 1.48. The molecule has 7 heteroatoms. The van der Waals surface area contributed by atoms with Gasteiger partial charge in [-0.25, -0.2) is 4.79 Å². The van der Waals surface area contributed by atoms with Crippen LogP contribution in [-0.2, 0) is 14.3 Å². The molecular weight excluding hydrogens is 262 g/mol. The maximum Gasteiger partial charge on any atom is 0.338 e. The molecule has 1 aromatic rings. The number of primary amides is 1. The van der Waals surface area contributed by atoms with Crippen molar-refractivity contribution in [3.63, 3.8) is 0 Å². The van der Waals surface area contributed by atoms with Crippen molar-refractivity contribution in [2.24, 2.45) is 5.73 Å². The number of hydrogen-bond acceptors (Lipinski definition) is 6. The summed E-state index contributed by atoms with van der Waals surface area (Å²) in [5.74, 6) is -0.922. The number of esters is 1. The molecule has 0 aliphatic rings. The van der Waals surface area contributed by atoms with E-state index in [9.17, 15) is 9.59 Å². The Morgan fingerprint density at radius 2 is 2.10 bits per heavy atom. The second-order valence-electron chi connectivity index (χ2n) is 3.97. The highest BCUT2D eigenvalue weighted by atomic mass is 16.5. The summed E-state index contributed by atoms with van der Waals surface area (Å²) in [7, 11) is 0. The van der Waals surface area contributed by atoms with Crippen molar-refractivity contribution >= 4 is 23.3 Å². The number of anilines is 2. The van der Waals surface area contributed by atoms with Crippen LogP contribution in [0, 0.1) is 0 Å². The molecule has 5 N–H and O–H groups in total. The molecule has 1 amide bonds. The minimum Gasteiger partial charge on any atom is -0.462 e. The first-order valence-corrected chi connectivity index (χ1v) is 6.21. The van der Waals surface area contributed by atoms with Gasteiger partial charge < -0.3 is 26.3 Å². The van der Waals surface area contributed by atoms with Gasteiger partial charge in [0.1, 0.15) is 6.61 Å². The Kier molecular flexibility index (Phi) is 6.31.